The largest absolute Gasteiger partial charge is 0.235 e. The fourth-order valence-electron chi connectivity index (χ4n) is 3.03. The fourth-order valence-corrected chi connectivity index (χ4v) is 3.03. The molecule has 3 aromatic carbocycles. The molecule has 1 aliphatic heterocycles. The Labute approximate surface area is 142 Å². The molecule has 3 nitrogen and oxygen atoms in total. The monoisotopic (exact) mass is 317 g/mol. The van der Waals surface area contributed by atoms with Gasteiger partial charge in [-0.25, -0.2) is 14.7 Å². The third kappa shape index (κ3) is 3.10. The van der Waals surface area contributed by atoms with Gasteiger partial charge in [-0.3, -0.25) is 0 Å². The summed E-state index contributed by atoms with van der Waals surface area (Å²) in [5, 5.41) is 0. The minimum Gasteiger partial charge on any atom is -0.235 e. The van der Waals surface area contributed by atoms with Crippen LogP contribution < -0.4 is 0 Å². The van der Waals surface area contributed by atoms with Gasteiger partial charge in [-0.15, -0.1) is 0 Å². The first-order valence-corrected chi connectivity index (χ1v) is 8.13. The van der Waals surface area contributed by atoms with E-state index < -0.39 is 0 Å². The molecule has 0 amide bonds. The average Bonchev–Trinajstić information content (AvgIpc) is 3.07. The first-order chi connectivity index (χ1) is 11.9. The van der Waals surface area contributed by atoms with Crippen molar-refractivity contribution in [3.05, 3.63) is 108 Å². The molecule has 2 atom stereocenters. The van der Waals surface area contributed by atoms with E-state index >= 15 is 0 Å². The molecule has 3 aromatic rings. The molecule has 4 rings (SSSR count). The average molecular weight is 317 g/mol. The zero-order chi connectivity index (χ0) is 16.2. The van der Waals surface area contributed by atoms with Gasteiger partial charge in [-0.05, 0) is 16.7 Å². The van der Waals surface area contributed by atoms with Crippen molar-refractivity contribution in [2.45, 2.75) is 19.0 Å². The van der Waals surface area contributed by atoms with E-state index in [0.29, 0.717) is 0 Å². The lowest BCUT2D eigenvalue weighted by Gasteiger charge is -2.25. The van der Waals surface area contributed by atoms with Crippen molar-refractivity contribution in [2.24, 2.45) is 0 Å². The van der Waals surface area contributed by atoms with E-state index in [1.54, 1.807) is 0 Å². The van der Waals surface area contributed by atoms with Crippen LogP contribution in [0, 0.1) is 0 Å². The van der Waals surface area contributed by atoms with Crippen LogP contribution in [-0.2, 0) is 16.3 Å². The molecular formula is C21H19NO2. The maximum absolute atomic E-state index is 5.72. The first kappa shape index (κ1) is 15.1. The third-order valence-corrected chi connectivity index (χ3v) is 4.22. The van der Waals surface area contributed by atoms with Crippen molar-refractivity contribution < 1.29 is 9.78 Å². The van der Waals surface area contributed by atoms with Gasteiger partial charge in [0, 0.05) is 6.54 Å². The van der Waals surface area contributed by atoms with Crippen molar-refractivity contribution in [3.63, 3.8) is 0 Å². The molecule has 0 saturated carbocycles. The van der Waals surface area contributed by atoms with E-state index in [0.717, 1.165) is 17.7 Å². The van der Waals surface area contributed by atoms with Crippen LogP contribution in [0.15, 0.2) is 91.0 Å². The van der Waals surface area contributed by atoms with Gasteiger partial charge >= 0.3 is 0 Å². The molecule has 0 N–H and O–H groups in total. The third-order valence-electron chi connectivity index (χ3n) is 4.22. The van der Waals surface area contributed by atoms with Crippen LogP contribution in [0.25, 0.3) is 0 Å². The summed E-state index contributed by atoms with van der Waals surface area (Å²) in [6.07, 6.45) is -0.451. The lowest BCUT2D eigenvalue weighted by Crippen LogP contribution is -2.26. The van der Waals surface area contributed by atoms with Crippen LogP contribution in [0.3, 0.4) is 0 Å². The Morgan fingerprint density at radius 2 is 1.00 bits per heavy atom. The predicted molar refractivity (Wildman–Crippen MR) is 92.5 cm³/mol. The molecule has 0 bridgehead atoms. The molecule has 1 saturated heterocycles. The van der Waals surface area contributed by atoms with Gasteiger partial charge in [-0.2, -0.15) is 0 Å². The summed E-state index contributed by atoms with van der Waals surface area (Å²) < 4.78 is 0. The zero-order valence-corrected chi connectivity index (χ0v) is 13.3. The van der Waals surface area contributed by atoms with E-state index in [2.05, 4.69) is 53.4 Å². The van der Waals surface area contributed by atoms with Gasteiger partial charge in [0.25, 0.3) is 0 Å². The molecule has 1 heterocycles. The van der Waals surface area contributed by atoms with E-state index in [4.69, 9.17) is 9.78 Å². The molecule has 0 aromatic heterocycles. The highest BCUT2D eigenvalue weighted by Gasteiger charge is 2.38. The zero-order valence-electron chi connectivity index (χ0n) is 13.3. The van der Waals surface area contributed by atoms with Gasteiger partial charge in [0.15, 0.2) is 12.5 Å². The summed E-state index contributed by atoms with van der Waals surface area (Å²) in [6, 6.07) is 30.8. The van der Waals surface area contributed by atoms with Crippen LogP contribution in [0.2, 0.25) is 0 Å². The molecule has 24 heavy (non-hydrogen) atoms. The highest BCUT2D eigenvalue weighted by Crippen LogP contribution is 2.40. The second-order valence-corrected chi connectivity index (χ2v) is 5.88. The smallest absolute Gasteiger partial charge is 0.174 e. The van der Waals surface area contributed by atoms with Gasteiger partial charge in [0.2, 0.25) is 0 Å². The van der Waals surface area contributed by atoms with E-state index in [-0.39, 0.29) is 12.5 Å². The minimum atomic E-state index is -0.225. The summed E-state index contributed by atoms with van der Waals surface area (Å²) >= 11 is 0. The molecule has 0 spiro atoms. The van der Waals surface area contributed by atoms with Gasteiger partial charge < -0.3 is 0 Å². The predicted octanol–water partition coefficient (Wildman–Crippen LogP) is 4.85. The van der Waals surface area contributed by atoms with Crippen LogP contribution in [0.1, 0.15) is 29.1 Å². The molecule has 0 aliphatic carbocycles. The number of benzene rings is 3. The van der Waals surface area contributed by atoms with Crippen LogP contribution >= 0.6 is 0 Å². The quantitative estimate of drug-likeness (QED) is 0.642. The Morgan fingerprint density at radius 3 is 1.46 bits per heavy atom. The summed E-state index contributed by atoms with van der Waals surface area (Å²) in [6.45, 7) is 0.750. The highest BCUT2D eigenvalue weighted by molar-refractivity contribution is 5.23. The number of hydrogen-bond acceptors (Lipinski definition) is 3. The fraction of sp³-hybridized carbons (Fsp3) is 0.143. The van der Waals surface area contributed by atoms with Crippen molar-refractivity contribution in [2.75, 3.05) is 0 Å². The summed E-state index contributed by atoms with van der Waals surface area (Å²) in [7, 11) is 0. The van der Waals surface area contributed by atoms with Crippen LogP contribution in [0.4, 0.5) is 0 Å². The van der Waals surface area contributed by atoms with Gasteiger partial charge in [-0.1, -0.05) is 91.0 Å². The summed E-state index contributed by atoms with van der Waals surface area (Å²) in [4.78, 5) is 13.7. The summed E-state index contributed by atoms with van der Waals surface area (Å²) in [5.74, 6) is 0. The Bertz CT molecular complexity index is 714. The lowest BCUT2D eigenvalue weighted by atomic mass is 10.1. The molecular weight excluding hydrogens is 298 g/mol. The van der Waals surface area contributed by atoms with Crippen molar-refractivity contribution >= 4 is 0 Å². The van der Waals surface area contributed by atoms with Crippen molar-refractivity contribution in [3.8, 4) is 0 Å². The van der Waals surface area contributed by atoms with Crippen LogP contribution in [0.5, 0.6) is 0 Å². The van der Waals surface area contributed by atoms with E-state index in [9.17, 15) is 0 Å². The standard InChI is InChI=1S/C21H19NO2/c1-4-10-17(11-5-1)16-22-20(18-12-6-2-7-13-18)23-24-21(22)19-14-8-3-9-15-19/h1-15,20-21H,16H2/t20-,21-/m1/s1. The normalized spacial score (nSPS) is 21.0. The SMILES string of the molecule is c1ccc(CN2[C@@H](c3ccccc3)OO[C@@H]2c2ccccc2)cc1. The van der Waals surface area contributed by atoms with Gasteiger partial charge in [0.1, 0.15) is 0 Å². The molecule has 120 valence electrons. The maximum Gasteiger partial charge on any atom is 0.174 e. The van der Waals surface area contributed by atoms with E-state index in [1.807, 2.05) is 42.5 Å². The topological polar surface area (TPSA) is 21.7 Å². The Kier molecular flexibility index (Phi) is 4.38. The number of rotatable bonds is 4. The lowest BCUT2D eigenvalue weighted by molar-refractivity contribution is -0.300. The van der Waals surface area contributed by atoms with Gasteiger partial charge in [0.05, 0.1) is 0 Å². The molecule has 0 unspecified atom stereocenters. The van der Waals surface area contributed by atoms with Crippen molar-refractivity contribution in [1.29, 1.82) is 0 Å². The Morgan fingerprint density at radius 1 is 0.583 bits per heavy atom. The van der Waals surface area contributed by atoms with E-state index in [1.165, 1.54) is 5.56 Å². The molecule has 1 fully saturated rings. The van der Waals surface area contributed by atoms with Crippen LogP contribution in [-0.4, -0.2) is 4.90 Å². The Balaban J connectivity index is 1.67. The number of hydrogen-bond donors (Lipinski definition) is 0. The molecule has 1 aliphatic rings. The summed E-state index contributed by atoms with van der Waals surface area (Å²) in [5.41, 5.74) is 3.41. The molecule has 0 radical (unpaired) electrons. The minimum absolute atomic E-state index is 0.225. The second-order valence-electron chi connectivity index (χ2n) is 5.88. The van der Waals surface area contributed by atoms with Crippen molar-refractivity contribution in [1.82, 2.24) is 4.90 Å². The molecule has 3 heteroatoms. The maximum atomic E-state index is 5.72. The highest BCUT2D eigenvalue weighted by atomic mass is 17.2. The number of nitrogens with zero attached hydrogens (tertiary/aromatic N) is 1. The first-order valence-electron chi connectivity index (χ1n) is 8.13. The second kappa shape index (κ2) is 6.97. The Hall–Kier alpha value is -2.46.